The van der Waals surface area contributed by atoms with Gasteiger partial charge in [-0.1, -0.05) is 24.6 Å². The zero-order valence-electron chi connectivity index (χ0n) is 12.0. The summed E-state index contributed by atoms with van der Waals surface area (Å²) >= 11 is 0. The topological polar surface area (TPSA) is 49.8 Å². The van der Waals surface area contributed by atoms with Gasteiger partial charge in [0.15, 0.2) is 0 Å². The lowest BCUT2D eigenvalue weighted by molar-refractivity contribution is -0.149. The molecule has 0 spiro atoms. The van der Waals surface area contributed by atoms with Gasteiger partial charge in [0.05, 0.1) is 5.41 Å². The first-order valence-corrected chi connectivity index (χ1v) is 7.34. The van der Waals surface area contributed by atoms with E-state index >= 15 is 0 Å². The highest BCUT2D eigenvalue weighted by Crippen LogP contribution is 2.48. The molecule has 3 rings (SSSR count). The van der Waals surface area contributed by atoms with Crippen LogP contribution in [0.3, 0.4) is 0 Å². The van der Waals surface area contributed by atoms with Crippen LogP contribution in [-0.4, -0.2) is 42.2 Å². The van der Waals surface area contributed by atoms with Gasteiger partial charge in [0.2, 0.25) is 0 Å². The van der Waals surface area contributed by atoms with Gasteiger partial charge >= 0.3 is 5.97 Å². The van der Waals surface area contributed by atoms with Gasteiger partial charge in [0.1, 0.15) is 12.4 Å². The first-order chi connectivity index (χ1) is 9.71. The van der Waals surface area contributed by atoms with Gasteiger partial charge in [-0.2, -0.15) is 0 Å². The Morgan fingerprint density at radius 1 is 1.38 bits per heavy atom. The Bertz CT molecular complexity index is 482. The number of aliphatic carboxylic acids is 1. The average molecular weight is 312 g/mol. The molecule has 116 valence electrons. The van der Waals surface area contributed by atoms with Crippen LogP contribution in [0, 0.1) is 11.3 Å². The van der Waals surface area contributed by atoms with Crippen LogP contribution in [0.1, 0.15) is 19.3 Å². The van der Waals surface area contributed by atoms with Crippen molar-refractivity contribution in [3.05, 3.63) is 30.3 Å². The van der Waals surface area contributed by atoms with E-state index < -0.39 is 11.4 Å². The molecule has 1 saturated carbocycles. The van der Waals surface area contributed by atoms with Crippen molar-refractivity contribution in [1.29, 1.82) is 0 Å². The molecular weight excluding hydrogens is 290 g/mol. The van der Waals surface area contributed by atoms with E-state index in [1.165, 1.54) is 0 Å². The molecule has 1 aliphatic carbocycles. The zero-order chi connectivity index (χ0) is 14.0. The third-order valence-electron chi connectivity index (χ3n) is 4.79. The maximum absolute atomic E-state index is 11.6. The highest BCUT2D eigenvalue weighted by atomic mass is 35.5. The maximum Gasteiger partial charge on any atom is 0.311 e. The van der Waals surface area contributed by atoms with E-state index in [9.17, 15) is 9.90 Å². The predicted octanol–water partition coefficient (Wildman–Crippen LogP) is 2.67. The number of hydrogen-bond donors (Lipinski definition) is 1. The smallest absolute Gasteiger partial charge is 0.311 e. The average Bonchev–Trinajstić information content (AvgIpc) is 2.97. The second kappa shape index (κ2) is 6.67. The highest BCUT2D eigenvalue weighted by molar-refractivity contribution is 5.85. The van der Waals surface area contributed by atoms with Crippen LogP contribution in [0.15, 0.2) is 30.3 Å². The minimum atomic E-state index is -0.605. The Kier molecular flexibility index (Phi) is 5.12. The van der Waals surface area contributed by atoms with Crippen molar-refractivity contribution in [2.24, 2.45) is 11.3 Å². The maximum atomic E-state index is 11.6. The monoisotopic (exact) mass is 311 g/mol. The van der Waals surface area contributed by atoms with Crippen molar-refractivity contribution >= 4 is 18.4 Å². The molecule has 0 unspecified atom stereocenters. The van der Waals surface area contributed by atoms with Crippen molar-refractivity contribution in [2.75, 3.05) is 26.2 Å². The van der Waals surface area contributed by atoms with Crippen LogP contribution in [0.25, 0.3) is 0 Å². The molecule has 1 heterocycles. The van der Waals surface area contributed by atoms with Crippen molar-refractivity contribution < 1.29 is 14.6 Å². The largest absolute Gasteiger partial charge is 0.492 e. The molecule has 5 heteroatoms. The molecular formula is C16H22ClNO3. The summed E-state index contributed by atoms with van der Waals surface area (Å²) in [6.07, 6.45) is 2.96. The van der Waals surface area contributed by atoms with Crippen LogP contribution in [0.4, 0.5) is 0 Å². The van der Waals surface area contributed by atoms with E-state index in [0.29, 0.717) is 19.1 Å². The van der Waals surface area contributed by atoms with Crippen molar-refractivity contribution in [2.45, 2.75) is 19.3 Å². The zero-order valence-corrected chi connectivity index (χ0v) is 12.8. The van der Waals surface area contributed by atoms with Crippen LogP contribution in [0.2, 0.25) is 0 Å². The summed E-state index contributed by atoms with van der Waals surface area (Å²) in [7, 11) is 0. The molecule has 1 aliphatic heterocycles. The summed E-state index contributed by atoms with van der Waals surface area (Å²) in [4.78, 5) is 13.8. The van der Waals surface area contributed by atoms with E-state index in [0.717, 1.165) is 38.1 Å². The highest BCUT2D eigenvalue weighted by Gasteiger charge is 2.54. The third-order valence-corrected chi connectivity index (χ3v) is 4.79. The summed E-state index contributed by atoms with van der Waals surface area (Å²) in [5.41, 5.74) is -0.479. The Morgan fingerprint density at radius 3 is 2.81 bits per heavy atom. The first kappa shape index (κ1) is 16.1. The van der Waals surface area contributed by atoms with E-state index in [2.05, 4.69) is 4.90 Å². The number of fused-ring (bicyclic) bond motifs is 1. The number of benzene rings is 1. The molecule has 0 radical (unpaired) electrons. The number of ether oxygens (including phenoxy) is 1. The Hall–Kier alpha value is -1.26. The van der Waals surface area contributed by atoms with Crippen LogP contribution >= 0.6 is 12.4 Å². The van der Waals surface area contributed by atoms with Gasteiger partial charge in [-0.25, -0.2) is 0 Å². The molecule has 2 aliphatic rings. The number of likely N-dealkylation sites (tertiary alicyclic amines) is 1. The molecule has 0 amide bonds. The number of carboxylic acid groups (broad SMARTS) is 1. The molecule has 1 aromatic rings. The fourth-order valence-corrected chi connectivity index (χ4v) is 3.72. The Morgan fingerprint density at radius 2 is 2.14 bits per heavy atom. The van der Waals surface area contributed by atoms with Crippen molar-refractivity contribution in [3.63, 3.8) is 0 Å². The second-order valence-electron chi connectivity index (χ2n) is 5.95. The minimum absolute atomic E-state index is 0. The predicted molar refractivity (Wildman–Crippen MR) is 83.0 cm³/mol. The Labute approximate surface area is 131 Å². The van der Waals surface area contributed by atoms with Crippen LogP contribution < -0.4 is 4.74 Å². The number of carboxylic acids is 1. The summed E-state index contributed by atoms with van der Waals surface area (Å²) < 4.78 is 5.69. The van der Waals surface area contributed by atoms with E-state index in [-0.39, 0.29) is 12.4 Å². The molecule has 1 N–H and O–H groups in total. The molecule has 21 heavy (non-hydrogen) atoms. The van der Waals surface area contributed by atoms with Gasteiger partial charge < -0.3 is 9.84 Å². The number of para-hydroxylation sites is 1. The van der Waals surface area contributed by atoms with E-state index in [1.54, 1.807) is 0 Å². The van der Waals surface area contributed by atoms with Gasteiger partial charge in [-0.05, 0) is 30.9 Å². The van der Waals surface area contributed by atoms with Crippen molar-refractivity contribution in [3.8, 4) is 5.75 Å². The summed E-state index contributed by atoms with van der Waals surface area (Å²) in [6.45, 7) is 3.02. The standard InChI is InChI=1S/C16H21NO3.ClH/c18-15(19)16-8-4-5-13(16)11-17(12-16)9-10-20-14-6-2-1-3-7-14;/h1-3,6-7,13H,4-5,8-12H2,(H,18,19);1H/t13-,16+;/m0./s1. The van der Waals surface area contributed by atoms with Crippen LogP contribution in [-0.2, 0) is 4.79 Å². The fraction of sp³-hybridized carbons (Fsp3) is 0.562. The fourth-order valence-electron chi connectivity index (χ4n) is 3.72. The van der Waals surface area contributed by atoms with E-state index in [4.69, 9.17) is 4.74 Å². The molecule has 2 fully saturated rings. The lowest BCUT2D eigenvalue weighted by Gasteiger charge is -2.23. The lowest BCUT2D eigenvalue weighted by Crippen LogP contribution is -2.36. The Balaban J connectivity index is 0.00000161. The first-order valence-electron chi connectivity index (χ1n) is 7.34. The SMILES string of the molecule is Cl.O=C(O)[C@@]12CCC[C@H]1CN(CCOc1ccccc1)C2. The molecule has 0 bridgehead atoms. The minimum Gasteiger partial charge on any atom is -0.492 e. The quantitative estimate of drug-likeness (QED) is 0.908. The number of halogens is 1. The molecule has 2 atom stereocenters. The molecule has 4 nitrogen and oxygen atoms in total. The number of rotatable bonds is 5. The normalized spacial score (nSPS) is 27.9. The van der Waals surface area contributed by atoms with Crippen molar-refractivity contribution in [1.82, 2.24) is 4.90 Å². The number of hydrogen-bond acceptors (Lipinski definition) is 3. The molecule has 1 aromatic carbocycles. The molecule has 0 aromatic heterocycles. The molecule has 1 saturated heterocycles. The van der Waals surface area contributed by atoms with Crippen LogP contribution in [0.5, 0.6) is 5.75 Å². The van der Waals surface area contributed by atoms with Gasteiger partial charge in [0.25, 0.3) is 0 Å². The van der Waals surface area contributed by atoms with E-state index in [1.807, 2.05) is 30.3 Å². The second-order valence-corrected chi connectivity index (χ2v) is 5.95. The van der Waals surface area contributed by atoms with Gasteiger partial charge in [-0.15, -0.1) is 12.4 Å². The lowest BCUT2D eigenvalue weighted by atomic mass is 9.81. The van der Waals surface area contributed by atoms with Gasteiger partial charge in [-0.3, -0.25) is 9.69 Å². The van der Waals surface area contributed by atoms with Gasteiger partial charge in [0, 0.05) is 19.6 Å². The summed E-state index contributed by atoms with van der Waals surface area (Å²) in [6, 6.07) is 9.75. The number of carbonyl (C=O) groups is 1. The number of nitrogens with zero attached hydrogens (tertiary/aromatic N) is 1. The summed E-state index contributed by atoms with van der Waals surface area (Å²) in [5.74, 6) is 0.600. The third kappa shape index (κ3) is 3.16. The summed E-state index contributed by atoms with van der Waals surface area (Å²) in [5, 5.41) is 9.54.